The van der Waals surface area contributed by atoms with E-state index in [-0.39, 0.29) is 17.8 Å². The predicted molar refractivity (Wildman–Crippen MR) is 124 cm³/mol. The van der Waals surface area contributed by atoms with Crippen LogP contribution < -0.4 is 10.9 Å². The molecule has 1 aliphatic heterocycles. The molecule has 2 aromatic carbocycles. The summed E-state index contributed by atoms with van der Waals surface area (Å²) in [4.78, 5) is 39.4. The van der Waals surface area contributed by atoms with Gasteiger partial charge in [0.05, 0.1) is 23.4 Å². The van der Waals surface area contributed by atoms with Gasteiger partial charge in [-0.1, -0.05) is 43.1 Å². The first-order valence-electron chi connectivity index (χ1n) is 10.7. The number of nitrogens with zero attached hydrogens (tertiary/aromatic N) is 2. The zero-order valence-corrected chi connectivity index (χ0v) is 19.2. The summed E-state index contributed by atoms with van der Waals surface area (Å²) in [5.41, 5.74) is 0.292. The van der Waals surface area contributed by atoms with Crippen LogP contribution in [0.25, 0.3) is 11.8 Å². The van der Waals surface area contributed by atoms with Crippen molar-refractivity contribution in [2.45, 2.75) is 32.5 Å². The van der Waals surface area contributed by atoms with E-state index in [9.17, 15) is 27.6 Å². The number of aromatic amines is 1. The second-order valence-electron chi connectivity index (χ2n) is 7.95. The van der Waals surface area contributed by atoms with Gasteiger partial charge in [0.15, 0.2) is 0 Å². The highest BCUT2D eigenvalue weighted by atomic mass is 35.5. The van der Waals surface area contributed by atoms with Gasteiger partial charge in [0, 0.05) is 10.7 Å². The lowest BCUT2D eigenvalue weighted by Gasteiger charge is -2.13. The zero-order chi connectivity index (χ0) is 25.3. The molecule has 3 aromatic rings. The van der Waals surface area contributed by atoms with E-state index in [2.05, 4.69) is 10.4 Å². The largest absolute Gasteiger partial charge is 0.416 e. The van der Waals surface area contributed by atoms with E-state index in [1.165, 1.54) is 22.9 Å². The van der Waals surface area contributed by atoms with E-state index < -0.39 is 29.2 Å². The molecule has 11 heteroatoms. The van der Waals surface area contributed by atoms with Crippen molar-refractivity contribution in [1.29, 1.82) is 0 Å². The van der Waals surface area contributed by atoms with Crippen LogP contribution >= 0.6 is 11.6 Å². The van der Waals surface area contributed by atoms with Crippen LogP contribution in [0.4, 0.5) is 18.0 Å². The third-order valence-corrected chi connectivity index (χ3v) is 5.68. The van der Waals surface area contributed by atoms with E-state index >= 15 is 0 Å². The molecule has 0 unspecified atom stereocenters. The van der Waals surface area contributed by atoms with Crippen molar-refractivity contribution in [1.82, 2.24) is 20.0 Å². The summed E-state index contributed by atoms with van der Waals surface area (Å²) in [5, 5.41) is 5.93. The smallest absolute Gasteiger partial charge is 0.303 e. The predicted octanol–water partition coefficient (Wildman–Crippen LogP) is 4.88. The molecular weight excluding hydrogens is 485 g/mol. The standard InChI is InChI=1S/C24H20ClF3N4O3/c1-2-4-19-18(21(33)32(30-19)17-6-3-5-16(25)11-17)12-20-22(34)31(23(35)29-20)13-14-7-9-15(10-8-14)24(26,27)28/h3,5-12,30H,2,4,13H2,1H3,(H,29,35). The van der Waals surface area contributed by atoms with Gasteiger partial charge in [0.2, 0.25) is 0 Å². The van der Waals surface area contributed by atoms with Crippen LogP contribution in [0.3, 0.4) is 0 Å². The maximum absolute atomic E-state index is 13.2. The van der Waals surface area contributed by atoms with E-state index in [4.69, 9.17) is 11.6 Å². The lowest BCUT2D eigenvalue weighted by Crippen LogP contribution is -2.30. The van der Waals surface area contributed by atoms with Crippen molar-refractivity contribution >= 4 is 29.6 Å². The summed E-state index contributed by atoms with van der Waals surface area (Å²) < 4.78 is 39.7. The lowest BCUT2D eigenvalue weighted by molar-refractivity contribution is -0.137. The molecule has 1 aliphatic rings. The number of urea groups is 1. The Morgan fingerprint density at radius 2 is 1.77 bits per heavy atom. The second-order valence-corrected chi connectivity index (χ2v) is 8.39. The van der Waals surface area contributed by atoms with Crippen LogP contribution in [-0.2, 0) is 23.9 Å². The van der Waals surface area contributed by atoms with Crippen LogP contribution in [0, 0.1) is 0 Å². The molecule has 0 saturated carbocycles. The number of nitrogens with one attached hydrogen (secondary N) is 2. The van der Waals surface area contributed by atoms with Crippen molar-refractivity contribution in [3.63, 3.8) is 0 Å². The number of carbonyl (C=O) groups is 2. The van der Waals surface area contributed by atoms with Gasteiger partial charge in [0.25, 0.3) is 11.5 Å². The molecule has 182 valence electrons. The first-order chi connectivity index (χ1) is 16.6. The number of aromatic nitrogens is 2. The maximum atomic E-state index is 13.2. The molecule has 0 radical (unpaired) electrons. The molecule has 4 rings (SSSR count). The van der Waals surface area contributed by atoms with Crippen molar-refractivity contribution in [3.8, 4) is 5.69 Å². The topological polar surface area (TPSA) is 87.2 Å². The van der Waals surface area contributed by atoms with Crippen molar-refractivity contribution in [3.05, 3.63) is 92.0 Å². The molecule has 1 fully saturated rings. The number of imide groups is 1. The Morgan fingerprint density at radius 3 is 2.40 bits per heavy atom. The third kappa shape index (κ3) is 5.02. The number of carbonyl (C=O) groups excluding carboxylic acids is 2. The number of hydrogen-bond donors (Lipinski definition) is 2. The number of amides is 3. The number of halogens is 4. The number of rotatable bonds is 6. The van der Waals surface area contributed by atoms with Gasteiger partial charge < -0.3 is 5.32 Å². The van der Waals surface area contributed by atoms with Gasteiger partial charge in [-0.15, -0.1) is 0 Å². The fourth-order valence-corrected chi connectivity index (χ4v) is 3.91. The van der Waals surface area contributed by atoms with Crippen LogP contribution in [0.15, 0.2) is 59.0 Å². The molecule has 35 heavy (non-hydrogen) atoms. The lowest BCUT2D eigenvalue weighted by atomic mass is 10.1. The summed E-state index contributed by atoms with van der Waals surface area (Å²) >= 11 is 6.05. The SMILES string of the molecule is CCCc1[nH]n(-c2cccc(Cl)c2)c(=O)c1C=C1NC(=O)N(Cc2ccc(C(F)(F)F)cc2)C1=O. The second kappa shape index (κ2) is 9.46. The average Bonchev–Trinajstić information content (AvgIpc) is 3.25. The summed E-state index contributed by atoms with van der Waals surface area (Å²) in [6.45, 7) is 1.71. The van der Waals surface area contributed by atoms with Gasteiger partial charge in [-0.05, 0) is 48.4 Å². The van der Waals surface area contributed by atoms with Crippen LogP contribution in [-0.4, -0.2) is 26.6 Å². The number of aryl methyl sites for hydroxylation is 1. The minimum atomic E-state index is -4.49. The van der Waals surface area contributed by atoms with Crippen LogP contribution in [0.2, 0.25) is 5.02 Å². The Hall–Kier alpha value is -3.79. The van der Waals surface area contributed by atoms with Crippen LogP contribution in [0.5, 0.6) is 0 Å². The van der Waals surface area contributed by atoms with Crippen LogP contribution in [0.1, 0.15) is 35.7 Å². The molecule has 7 nitrogen and oxygen atoms in total. The van der Waals surface area contributed by atoms with E-state index in [0.717, 1.165) is 17.0 Å². The van der Waals surface area contributed by atoms with Crippen molar-refractivity contribution in [2.75, 3.05) is 0 Å². The number of H-pyrrole nitrogens is 1. The summed E-state index contributed by atoms with van der Waals surface area (Å²) in [7, 11) is 0. The van der Waals surface area contributed by atoms with Gasteiger partial charge in [0.1, 0.15) is 5.70 Å². The maximum Gasteiger partial charge on any atom is 0.416 e. The van der Waals surface area contributed by atoms with Gasteiger partial charge >= 0.3 is 12.2 Å². The van der Waals surface area contributed by atoms with Crippen molar-refractivity contribution in [2.24, 2.45) is 0 Å². The fourth-order valence-electron chi connectivity index (χ4n) is 3.72. The zero-order valence-electron chi connectivity index (χ0n) is 18.4. The number of hydrogen-bond acceptors (Lipinski definition) is 3. The molecule has 2 N–H and O–H groups in total. The average molecular weight is 505 g/mol. The Kier molecular flexibility index (Phi) is 6.58. The highest BCUT2D eigenvalue weighted by Gasteiger charge is 2.35. The van der Waals surface area contributed by atoms with E-state index in [1.54, 1.807) is 24.3 Å². The Labute approximate surface area is 202 Å². The number of benzene rings is 2. The molecular formula is C24H20ClF3N4O3. The molecule has 3 amide bonds. The van der Waals surface area contributed by atoms with E-state index in [1.807, 2.05) is 6.92 Å². The van der Waals surface area contributed by atoms with Gasteiger partial charge in [-0.3, -0.25) is 19.6 Å². The minimum Gasteiger partial charge on any atom is -0.303 e. The molecule has 0 atom stereocenters. The summed E-state index contributed by atoms with van der Waals surface area (Å²) in [6.07, 6.45) is -1.94. The quantitative estimate of drug-likeness (QED) is 0.370. The van der Waals surface area contributed by atoms with Gasteiger partial charge in [-0.25, -0.2) is 9.48 Å². The normalized spacial score (nSPS) is 15.2. The molecule has 1 aromatic heterocycles. The molecule has 0 spiro atoms. The van der Waals surface area contributed by atoms with E-state index in [0.29, 0.717) is 34.8 Å². The molecule has 0 bridgehead atoms. The molecule has 2 heterocycles. The first-order valence-corrected chi connectivity index (χ1v) is 11.1. The summed E-state index contributed by atoms with van der Waals surface area (Å²) in [6, 6.07) is 10.1. The Bertz CT molecular complexity index is 1370. The molecule has 0 aliphatic carbocycles. The van der Waals surface area contributed by atoms with Gasteiger partial charge in [-0.2, -0.15) is 13.2 Å². The Morgan fingerprint density at radius 1 is 1.06 bits per heavy atom. The summed E-state index contributed by atoms with van der Waals surface area (Å²) in [5.74, 6) is -0.688. The van der Waals surface area contributed by atoms with Crippen molar-refractivity contribution < 1.29 is 22.8 Å². The molecule has 1 saturated heterocycles. The minimum absolute atomic E-state index is 0.103. The Balaban J connectivity index is 1.63. The third-order valence-electron chi connectivity index (χ3n) is 5.44. The number of alkyl halides is 3. The monoisotopic (exact) mass is 504 g/mol. The first kappa shape index (κ1) is 24.3. The highest BCUT2D eigenvalue weighted by Crippen LogP contribution is 2.29. The fraction of sp³-hybridized carbons (Fsp3) is 0.208. The highest BCUT2D eigenvalue weighted by molar-refractivity contribution is 6.30.